The summed E-state index contributed by atoms with van der Waals surface area (Å²) in [5.74, 6) is -0.0704. The topological polar surface area (TPSA) is 85.3 Å². The van der Waals surface area contributed by atoms with Gasteiger partial charge in [0.25, 0.3) is 5.91 Å². The molecule has 2 N–H and O–H groups in total. The van der Waals surface area contributed by atoms with Gasteiger partial charge in [0.1, 0.15) is 4.47 Å². The summed E-state index contributed by atoms with van der Waals surface area (Å²) in [6, 6.07) is 0.0412. The molecule has 0 radical (unpaired) electrons. The highest BCUT2D eigenvalue weighted by molar-refractivity contribution is 9.10. The maximum absolute atomic E-state index is 12.0. The summed E-state index contributed by atoms with van der Waals surface area (Å²) in [5, 5.41) is 9.43. The maximum Gasteiger partial charge on any atom is 0.273 e. The summed E-state index contributed by atoms with van der Waals surface area (Å²) in [6.07, 6.45) is 0.860. The van der Waals surface area contributed by atoms with Gasteiger partial charge in [0.15, 0.2) is 5.69 Å². The lowest BCUT2D eigenvalue weighted by atomic mass is 10.3. The number of hydrogen-bond donors (Lipinski definition) is 2. The van der Waals surface area contributed by atoms with Gasteiger partial charge in [-0.15, -0.1) is 0 Å². The normalized spacial score (nSPS) is 13.6. The first kappa shape index (κ1) is 14.8. The lowest BCUT2D eigenvalue weighted by Crippen LogP contribution is -2.40. The molecule has 0 atom stereocenters. The predicted octanol–water partition coefficient (Wildman–Crippen LogP) is 0.682. The molecule has 110 valence electrons. The molecule has 7 nitrogen and oxygen atoms in total. The second-order valence-corrected chi connectivity index (χ2v) is 5.59. The molecule has 0 saturated heterocycles. The van der Waals surface area contributed by atoms with Crippen molar-refractivity contribution in [1.82, 2.24) is 20.4 Å². The van der Waals surface area contributed by atoms with E-state index >= 15 is 0 Å². The molecule has 1 aliphatic rings. The molecule has 1 aromatic heterocycles. The van der Waals surface area contributed by atoms with Crippen molar-refractivity contribution in [3.63, 3.8) is 0 Å². The minimum atomic E-state index is -0.402. The van der Waals surface area contributed by atoms with Gasteiger partial charge in [-0.1, -0.05) is 0 Å². The molecule has 0 bridgehead atoms. The van der Waals surface area contributed by atoms with E-state index in [1.807, 2.05) is 13.8 Å². The number of rotatable bonds is 4. The number of carbonyl (C=O) groups is 2. The standard InChI is InChI=1S/C12H17BrN4O3/c1-7(2)15-8(18)6-14-11(19)10-9(13)12-17(16-10)4-3-5-20-12/h7H,3-6H2,1-2H3,(H,14,19)(H,15,18). The van der Waals surface area contributed by atoms with Crippen molar-refractivity contribution in [2.45, 2.75) is 32.9 Å². The number of amides is 2. The van der Waals surface area contributed by atoms with Crippen molar-refractivity contribution in [3.8, 4) is 5.88 Å². The first-order valence-corrected chi connectivity index (χ1v) is 7.25. The van der Waals surface area contributed by atoms with Crippen LogP contribution in [-0.2, 0) is 11.3 Å². The van der Waals surface area contributed by atoms with Gasteiger partial charge < -0.3 is 15.4 Å². The van der Waals surface area contributed by atoms with Crippen molar-refractivity contribution in [2.75, 3.05) is 13.2 Å². The smallest absolute Gasteiger partial charge is 0.273 e. The Kier molecular flexibility index (Phi) is 4.64. The first-order chi connectivity index (χ1) is 9.49. The molecule has 0 saturated carbocycles. The Bertz CT molecular complexity index is 527. The maximum atomic E-state index is 12.0. The van der Waals surface area contributed by atoms with Crippen LogP contribution in [0.2, 0.25) is 0 Å². The highest BCUT2D eigenvalue weighted by atomic mass is 79.9. The van der Waals surface area contributed by atoms with Crippen molar-refractivity contribution in [2.24, 2.45) is 0 Å². The van der Waals surface area contributed by atoms with Gasteiger partial charge in [0.2, 0.25) is 11.8 Å². The van der Waals surface area contributed by atoms with Crippen LogP contribution in [0, 0.1) is 0 Å². The second kappa shape index (κ2) is 6.25. The molecule has 1 aromatic rings. The quantitative estimate of drug-likeness (QED) is 0.841. The van der Waals surface area contributed by atoms with Gasteiger partial charge in [0, 0.05) is 19.0 Å². The summed E-state index contributed by atoms with van der Waals surface area (Å²) in [5.41, 5.74) is 0.235. The molecule has 0 spiro atoms. The van der Waals surface area contributed by atoms with Crippen LogP contribution in [0.15, 0.2) is 4.47 Å². The van der Waals surface area contributed by atoms with Crippen LogP contribution in [-0.4, -0.2) is 40.8 Å². The van der Waals surface area contributed by atoms with Gasteiger partial charge >= 0.3 is 0 Å². The molecule has 0 aliphatic carbocycles. The zero-order valence-electron chi connectivity index (χ0n) is 11.4. The number of nitrogens with zero attached hydrogens (tertiary/aromatic N) is 2. The number of aryl methyl sites for hydroxylation is 1. The molecule has 2 heterocycles. The first-order valence-electron chi connectivity index (χ1n) is 6.45. The SMILES string of the molecule is CC(C)NC(=O)CNC(=O)c1nn2c(c1Br)OCCC2. The van der Waals surface area contributed by atoms with E-state index in [9.17, 15) is 9.59 Å². The lowest BCUT2D eigenvalue weighted by Gasteiger charge is -2.14. The van der Waals surface area contributed by atoms with E-state index in [1.54, 1.807) is 4.68 Å². The Labute approximate surface area is 125 Å². The zero-order chi connectivity index (χ0) is 14.7. The van der Waals surface area contributed by atoms with Crippen LogP contribution in [0.25, 0.3) is 0 Å². The third kappa shape index (κ3) is 3.30. The fourth-order valence-electron chi connectivity index (χ4n) is 1.86. The Morgan fingerprint density at radius 2 is 2.25 bits per heavy atom. The highest BCUT2D eigenvalue weighted by Gasteiger charge is 2.24. The van der Waals surface area contributed by atoms with E-state index in [2.05, 4.69) is 31.7 Å². The molecule has 0 aromatic carbocycles. The molecule has 2 rings (SSSR count). The van der Waals surface area contributed by atoms with Gasteiger partial charge in [-0.05, 0) is 29.8 Å². The molecule has 0 fully saturated rings. The minimum Gasteiger partial charge on any atom is -0.477 e. The molecule has 0 unspecified atom stereocenters. The summed E-state index contributed by atoms with van der Waals surface area (Å²) < 4.78 is 7.63. The van der Waals surface area contributed by atoms with Gasteiger partial charge in [0.05, 0.1) is 13.2 Å². The van der Waals surface area contributed by atoms with Crippen molar-refractivity contribution in [1.29, 1.82) is 0 Å². The second-order valence-electron chi connectivity index (χ2n) is 4.80. The van der Waals surface area contributed by atoms with Crippen LogP contribution < -0.4 is 15.4 Å². The van der Waals surface area contributed by atoms with Crippen LogP contribution >= 0.6 is 15.9 Å². The van der Waals surface area contributed by atoms with Gasteiger partial charge in [-0.3, -0.25) is 9.59 Å². The third-order valence-corrected chi connectivity index (χ3v) is 3.39. The summed E-state index contributed by atoms with van der Waals surface area (Å²) in [7, 11) is 0. The molecule has 20 heavy (non-hydrogen) atoms. The average molecular weight is 345 g/mol. The number of halogens is 1. The minimum absolute atomic E-state index is 0.0412. The zero-order valence-corrected chi connectivity index (χ0v) is 13.0. The van der Waals surface area contributed by atoms with E-state index < -0.39 is 5.91 Å². The number of nitrogens with one attached hydrogen (secondary N) is 2. The van der Waals surface area contributed by atoms with Gasteiger partial charge in [-0.25, -0.2) is 4.68 Å². The average Bonchev–Trinajstić information content (AvgIpc) is 2.73. The largest absolute Gasteiger partial charge is 0.477 e. The molecule has 8 heteroatoms. The van der Waals surface area contributed by atoms with E-state index in [-0.39, 0.29) is 24.2 Å². The van der Waals surface area contributed by atoms with Crippen molar-refractivity contribution >= 4 is 27.7 Å². The van der Waals surface area contributed by atoms with Crippen LogP contribution in [0.3, 0.4) is 0 Å². The summed E-state index contributed by atoms with van der Waals surface area (Å²) in [6.45, 7) is 4.97. The Morgan fingerprint density at radius 3 is 2.90 bits per heavy atom. The molecular formula is C12H17BrN4O3. The molecular weight excluding hydrogens is 328 g/mol. The van der Waals surface area contributed by atoms with E-state index in [1.165, 1.54) is 0 Å². The number of fused-ring (bicyclic) bond motifs is 1. The summed E-state index contributed by atoms with van der Waals surface area (Å²) >= 11 is 3.32. The lowest BCUT2D eigenvalue weighted by molar-refractivity contribution is -0.120. The highest BCUT2D eigenvalue weighted by Crippen LogP contribution is 2.31. The van der Waals surface area contributed by atoms with E-state index in [4.69, 9.17) is 4.74 Å². The number of carbonyl (C=O) groups excluding carboxylic acids is 2. The Hall–Kier alpha value is -1.57. The predicted molar refractivity (Wildman–Crippen MR) is 75.7 cm³/mol. The van der Waals surface area contributed by atoms with E-state index in [0.717, 1.165) is 13.0 Å². The monoisotopic (exact) mass is 344 g/mol. The Balaban J connectivity index is 1.99. The van der Waals surface area contributed by atoms with Crippen LogP contribution in [0.4, 0.5) is 0 Å². The van der Waals surface area contributed by atoms with Crippen LogP contribution in [0.5, 0.6) is 5.88 Å². The van der Waals surface area contributed by atoms with E-state index in [0.29, 0.717) is 17.0 Å². The number of hydrogen-bond acceptors (Lipinski definition) is 4. The fraction of sp³-hybridized carbons (Fsp3) is 0.583. The fourth-order valence-corrected chi connectivity index (χ4v) is 2.44. The number of ether oxygens (including phenoxy) is 1. The molecule has 1 aliphatic heterocycles. The Morgan fingerprint density at radius 1 is 1.50 bits per heavy atom. The number of aromatic nitrogens is 2. The van der Waals surface area contributed by atoms with Gasteiger partial charge in [-0.2, -0.15) is 5.10 Å². The van der Waals surface area contributed by atoms with Crippen LogP contribution in [0.1, 0.15) is 30.8 Å². The summed E-state index contributed by atoms with van der Waals surface area (Å²) in [4.78, 5) is 23.5. The third-order valence-electron chi connectivity index (χ3n) is 2.68. The van der Waals surface area contributed by atoms with Crippen molar-refractivity contribution in [3.05, 3.63) is 10.2 Å². The molecule has 2 amide bonds. The van der Waals surface area contributed by atoms with Crippen molar-refractivity contribution < 1.29 is 14.3 Å².